The van der Waals surface area contributed by atoms with Gasteiger partial charge in [-0.15, -0.1) is 11.3 Å². The van der Waals surface area contributed by atoms with Crippen molar-refractivity contribution in [2.75, 3.05) is 5.73 Å². The fourth-order valence-corrected chi connectivity index (χ4v) is 2.16. The number of hydrogen-bond donors (Lipinski definition) is 1. The second-order valence-electron chi connectivity index (χ2n) is 3.26. The van der Waals surface area contributed by atoms with Crippen LogP contribution in [0.3, 0.4) is 0 Å². The third-order valence-electron chi connectivity index (χ3n) is 2.11. The molecule has 82 valence electrons. The summed E-state index contributed by atoms with van der Waals surface area (Å²) < 4.78 is 0. The Hall–Kier alpha value is -1.39. The largest absolute Gasteiger partial charge is 0.398 e. The van der Waals surface area contributed by atoms with Crippen LogP contribution in [0.15, 0.2) is 29.8 Å². The van der Waals surface area contributed by atoms with Gasteiger partial charge in [-0.1, -0.05) is 11.6 Å². The van der Waals surface area contributed by atoms with Crippen LogP contribution in [0.4, 0.5) is 5.69 Å². The van der Waals surface area contributed by atoms with E-state index in [-0.39, 0.29) is 12.2 Å². The van der Waals surface area contributed by atoms with E-state index in [1.807, 2.05) is 5.38 Å². The smallest absolute Gasteiger partial charge is 0.171 e. The minimum atomic E-state index is -0.0379. The van der Waals surface area contributed by atoms with Crippen molar-refractivity contribution in [1.29, 1.82) is 0 Å². The molecule has 0 saturated heterocycles. The lowest BCUT2D eigenvalue weighted by atomic mass is 10.1. The van der Waals surface area contributed by atoms with Gasteiger partial charge < -0.3 is 5.73 Å². The standard InChI is InChI=1S/C11H9ClN2OS/c12-7-1-2-8(9(13)5-7)10(15)6-11-14-3-4-16-11/h1-5H,6,13H2. The van der Waals surface area contributed by atoms with Gasteiger partial charge in [0.05, 0.1) is 6.42 Å². The molecule has 16 heavy (non-hydrogen) atoms. The number of hydrogen-bond acceptors (Lipinski definition) is 4. The fourth-order valence-electron chi connectivity index (χ4n) is 1.36. The van der Waals surface area contributed by atoms with Gasteiger partial charge in [0, 0.05) is 27.9 Å². The molecule has 2 N–H and O–H groups in total. The Morgan fingerprint density at radius 1 is 1.50 bits per heavy atom. The van der Waals surface area contributed by atoms with Crippen molar-refractivity contribution in [2.24, 2.45) is 0 Å². The van der Waals surface area contributed by atoms with Crippen LogP contribution in [-0.4, -0.2) is 10.8 Å². The Labute approximate surface area is 102 Å². The van der Waals surface area contributed by atoms with Crippen molar-refractivity contribution in [2.45, 2.75) is 6.42 Å². The lowest BCUT2D eigenvalue weighted by Crippen LogP contribution is -2.06. The first-order chi connectivity index (χ1) is 7.66. The van der Waals surface area contributed by atoms with Gasteiger partial charge in [-0.2, -0.15) is 0 Å². The number of carbonyl (C=O) groups is 1. The van der Waals surface area contributed by atoms with E-state index in [1.165, 1.54) is 11.3 Å². The second kappa shape index (κ2) is 4.63. The summed E-state index contributed by atoms with van der Waals surface area (Å²) in [5.74, 6) is -0.0379. The molecule has 1 aromatic carbocycles. The molecule has 0 fully saturated rings. The summed E-state index contributed by atoms with van der Waals surface area (Å²) in [5, 5.41) is 3.16. The Morgan fingerprint density at radius 2 is 2.31 bits per heavy atom. The number of rotatable bonds is 3. The Bertz CT molecular complexity index is 511. The van der Waals surface area contributed by atoms with Crippen LogP contribution in [0.5, 0.6) is 0 Å². The molecule has 0 unspecified atom stereocenters. The molecule has 1 heterocycles. The minimum Gasteiger partial charge on any atom is -0.398 e. The van der Waals surface area contributed by atoms with Crippen LogP contribution in [0.25, 0.3) is 0 Å². The first-order valence-electron chi connectivity index (χ1n) is 4.63. The zero-order valence-corrected chi connectivity index (χ0v) is 9.89. The van der Waals surface area contributed by atoms with Crippen molar-refractivity contribution in [1.82, 2.24) is 4.98 Å². The quantitative estimate of drug-likeness (QED) is 0.675. The third-order valence-corrected chi connectivity index (χ3v) is 3.12. The predicted octanol–water partition coefficient (Wildman–Crippen LogP) is 2.80. The van der Waals surface area contributed by atoms with Gasteiger partial charge in [-0.3, -0.25) is 4.79 Å². The predicted molar refractivity (Wildman–Crippen MR) is 66.0 cm³/mol. The number of aromatic nitrogens is 1. The van der Waals surface area contributed by atoms with E-state index in [2.05, 4.69) is 4.98 Å². The maximum atomic E-state index is 11.9. The average Bonchev–Trinajstić information content (AvgIpc) is 2.70. The first-order valence-corrected chi connectivity index (χ1v) is 5.89. The Morgan fingerprint density at radius 3 is 2.94 bits per heavy atom. The Kier molecular flexibility index (Phi) is 3.22. The van der Waals surface area contributed by atoms with E-state index in [4.69, 9.17) is 17.3 Å². The maximum absolute atomic E-state index is 11.9. The number of Topliss-reactive ketones (excluding diaryl/α,β-unsaturated/α-hetero) is 1. The minimum absolute atomic E-state index is 0.0379. The van der Waals surface area contributed by atoms with Gasteiger partial charge in [0.2, 0.25) is 0 Å². The van der Waals surface area contributed by atoms with Gasteiger partial charge in [-0.25, -0.2) is 4.98 Å². The molecule has 5 heteroatoms. The number of nitrogen functional groups attached to an aromatic ring is 1. The van der Waals surface area contributed by atoms with Crippen molar-refractivity contribution in [3.63, 3.8) is 0 Å². The molecule has 0 aliphatic rings. The molecule has 0 radical (unpaired) electrons. The summed E-state index contributed by atoms with van der Waals surface area (Å²) in [7, 11) is 0. The highest BCUT2D eigenvalue weighted by atomic mass is 35.5. The van der Waals surface area contributed by atoms with Crippen LogP contribution >= 0.6 is 22.9 Å². The molecule has 2 aromatic rings. The molecule has 0 saturated carbocycles. The highest BCUT2D eigenvalue weighted by Crippen LogP contribution is 2.20. The summed E-state index contributed by atoms with van der Waals surface area (Å²) in [6.45, 7) is 0. The summed E-state index contributed by atoms with van der Waals surface area (Å²) in [5.41, 5.74) is 6.64. The highest BCUT2D eigenvalue weighted by molar-refractivity contribution is 7.09. The lowest BCUT2D eigenvalue weighted by molar-refractivity contribution is 0.0994. The van der Waals surface area contributed by atoms with Gasteiger partial charge >= 0.3 is 0 Å². The molecule has 0 amide bonds. The summed E-state index contributed by atoms with van der Waals surface area (Å²) in [4.78, 5) is 15.9. The van der Waals surface area contributed by atoms with Crippen LogP contribution in [0.1, 0.15) is 15.4 Å². The first kappa shape index (κ1) is 11.1. The molecule has 0 atom stereocenters. The topological polar surface area (TPSA) is 56.0 Å². The number of carbonyl (C=O) groups excluding carboxylic acids is 1. The number of nitrogens with two attached hydrogens (primary N) is 1. The van der Waals surface area contributed by atoms with Gasteiger partial charge in [-0.05, 0) is 18.2 Å². The number of benzene rings is 1. The molecule has 3 nitrogen and oxygen atoms in total. The zero-order valence-electron chi connectivity index (χ0n) is 8.31. The van der Waals surface area contributed by atoms with Gasteiger partial charge in [0.1, 0.15) is 5.01 Å². The van der Waals surface area contributed by atoms with Crippen LogP contribution in [-0.2, 0) is 6.42 Å². The molecule has 2 rings (SSSR count). The zero-order chi connectivity index (χ0) is 11.5. The summed E-state index contributed by atoms with van der Waals surface area (Å²) in [6, 6.07) is 4.89. The molecule has 0 bridgehead atoms. The summed E-state index contributed by atoms with van der Waals surface area (Å²) in [6.07, 6.45) is 1.96. The molecule has 1 aromatic heterocycles. The molecular formula is C11H9ClN2OS. The van der Waals surface area contributed by atoms with Crippen molar-refractivity contribution in [3.8, 4) is 0 Å². The van der Waals surface area contributed by atoms with Gasteiger partial charge in [0.15, 0.2) is 5.78 Å². The number of ketones is 1. The lowest BCUT2D eigenvalue weighted by Gasteiger charge is -2.03. The number of halogens is 1. The highest BCUT2D eigenvalue weighted by Gasteiger charge is 2.11. The van der Waals surface area contributed by atoms with E-state index in [1.54, 1.807) is 24.4 Å². The van der Waals surface area contributed by atoms with Crippen LogP contribution in [0.2, 0.25) is 5.02 Å². The van der Waals surface area contributed by atoms with Gasteiger partial charge in [0.25, 0.3) is 0 Å². The third kappa shape index (κ3) is 2.40. The van der Waals surface area contributed by atoms with Crippen molar-refractivity contribution >= 4 is 34.4 Å². The molecular weight excluding hydrogens is 244 g/mol. The SMILES string of the molecule is Nc1cc(Cl)ccc1C(=O)Cc1nccs1. The number of thiazole rings is 1. The van der Waals surface area contributed by atoms with Crippen LogP contribution in [0, 0.1) is 0 Å². The van der Waals surface area contributed by atoms with E-state index < -0.39 is 0 Å². The fraction of sp³-hybridized carbons (Fsp3) is 0.0909. The van der Waals surface area contributed by atoms with E-state index >= 15 is 0 Å². The van der Waals surface area contributed by atoms with E-state index in [0.717, 1.165) is 5.01 Å². The Balaban J connectivity index is 2.21. The van der Waals surface area contributed by atoms with Crippen molar-refractivity contribution in [3.05, 3.63) is 45.4 Å². The number of anilines is 1. The molecule has 0 spiro atoms. The monoisotopic (exact) mass is 252 g/mol. The molecule has 0 aliphatic heterocycles. The average molecular weight is 253 g/mol. The van der Waals surface area contributed by atoms with Crippen molar-refractivity contribution < 1.29 is 4.79 Å². The maximum Gasteiger partial charge on any atom is 0.171 e. The van der Waals surface area contributed by atoms with E-state index in [9.17, 15) is 4.79 Å². The van der Waals surface area contributed by atoms with Crippen LogP contribution < -0.4 is 5.73 Å². The van der Waals surface area contributed by atoms with E-state index in [0.29, 0.717) is 16.3 Å². The normalized spacial score (nSPS) is 10.3. The second-order valence-corrected chi connectivity index (χ2v) is 4.67. The summed E-state index contributed by atoms with van der Waals surface area (Å²) >= 11 is 7.22. The molecule has 0 aliphatic carbocycles. The number of nitrogens with zero attached hydrogens (tertiary/aromatic N) is 1.